The standard InChI is InChI=1S/C20H25N3O2S/c1-2-25-16-5-3-15(4-6-16)18-22-17(13-26-18)19(24)23-11-8-20(9-12-23)7-10-21-14-20/h3-6,13,21H,2,7-12,14H2,1H3. The summed E-state index contributed by atoms with van der Waals surface area (Å²) >= 11 is 1.52. The molecule has 0 saturated carbocycles. The van der Waals surface area contributed by atoms with Gasteiger partial charge in [0.1, 0.15) is 16.5 Å². The largest absolute Gasteiger partial charge is 0.494 e. The fourth-order valence-corrected chi connectivity index (χ4v) is 4.73. The molecule has 5 nitrogen and oxygen atoms in total. The van der Waals surface area contributed by atoms with Crippen LogP contribution in [-0.2, 0) is 0 Å². The third-order valence-electron chi connectivity index (χ3n) is 5.58. The van der Waals surface area contributed by atoms with Crippen molar-refractivity contribution >= 4 is 17.2 Å². The van der Waals surface area contributed by atoms with Crippen molar-refractivity contribution in [3.63, 3.8) is 0 Å². The summed E-state index contributed by atoms with van der Waals surface area (Å²) in [6.07, 6.45) is 3.44. The highest BCUT2D eigenvalue weighted by Crippen LogP contribution is 2.37. The highest BCUT2D eigenvalue weighted by molar-refractivity contribution is 7.13. The van der Waals surface area contributed by atoms with Crippen molar-refractivity contribution in [1.29, 1.82) is 0 Å². The van der Waals surface area contributed by atoms with Crippen molar-refractivity contribution in [3.05, 3.63) is 35.3 Å². The van der Waals surface area contributed by atoms with Gasteiger partial charge in [0.2, 0.25) is 0 Å². The number of aromatic nitrogens is 1. The first-order valence-corrected chi connectivity index (χ1v) is 10.3. The summed E-state index contributed by atoms with van der Waals surface area (Å²) in [5, 5.41) is 6.23. The number of hydrogen-bond donors (Lipinski definition) is 1. The van der Waals surface area contributed by atoms with E-state index >= 15 is 0 Å². The number of likely N-dealkylation sites (tertiary alicyclic amines) is 1. The minimum absolute atomic E-state index is 0.0687. The van der Waals surface area contributed by atoms with E-state index in [0.717, 1.165) is 55.3 Å². The van der Waals surface area contributed by atoms with E-state index in [4.69, 9.17) is 4.74 Å². The van der Waals surface area contributed by atoms with Crippen molar-refractivity contribution < 1.29 is 9.53 Å². The molecular formula is C20H25N3O2S. The molecule has 1 N–H and O–H groups in total. The van der Waals surface area contributed by atoms with Crippen molar-refractivity contribution in [2.45, 2.75) is 26.2 Å². The van der Waals surface area contributed by atoms with E-state index in [1.54, 1.807) is 0 Å². The van der Waals surface area contributed by atoms with Gasteiger partial charge in [-0.05, 0) is 62.4 Å². The summed E-state index contributed by atoms with van der Waals surface area (Å²) < 4.78 is 5.48. The smallest absolute Gasteiger partial charge is 0.273 e. The van der Waals surface area contributed by atoms with E-state index in [-0.39, 0.29) is 5.91 Å². The topological polar surface area (TPSA) is 54.5 Å². The monoisotopic (exact) mass is 371 g/mol. The Balaban J connectivity index is 1.42. The number of rotatable bonds is 4. The average molecular weight is 372 g/mol. The summed E-state index contributed by atoms with van der Waals surface area (Å²) in [4.78, 5) is 19.4. The molecule has 2 saturated heterocycles. The molecule has 2 aliphatic rings. The molecule has 0 unspecified atom stereocenters. The summed E-state index contributed by atoms with van der Waals surface area (Å²) in [6.45, 7) is 6.53. The number of benzene rings is 1. The number of carbonyl (C=O) groups is 1. The lowest BCUT2D eigenvalue weighted by Gasteiger charge is -2.38. The molecule has 0 aliphatic carbocycles. The van der Waals surface area contributed by atoms with Gasteiger partial charge in [-0.25, -0.2) is 4.98 Å². The molecule has 3 heterocycles. The number of amides is 1. The molecule has 2 aliphatic heterocycles. The van der Waals surface area contributed by atoms with Crippen molar-refractivity contribution in [1.82, 2.24) is 15.2 Å². The Hall–Kier alpha value is -1.92. The van der Waals surface area contributed by atoms with Gasteiger partial charge in [0.05, 0.1) is 6.61 Å². The van der Waals surface area contributed by atoms with Crippen LogP contribution in [0.4, 0.5) is 0 Å². The molecule has 26 heavy (non-hydrogen) atoms. The third-order valence-corrected chi connectivity index (χ3v) is 6.47. The molecule has 1 aromatic heterocycles. The Bertz CT molecular complexity index is 756. The van der Waals surface area contributed by atoms with Crippen LogP contribution in [-0.4, -0.2) is 48.6 Å². The van der Waals surface area contributed by atoms with Gasteiger partial charge in [-0.3, -0.25) is 4.79 Å². The maximum atomic E-state index is 12.8. The molecule has 4 rings (SSSR count). The van der Waals surface area contributed by atoms with Crippen LogP contribution in [0.3, 0.4) is 0 Å². The fraction of sp³-hybridized carbons (Fsp3) is 0.500. The third kappa shape index (κ3) is 3.48. The van der Waals surface area contributed by atoms with Gasteiger partial charge in [0, 0.05) is 30.6 Å². The Labute approximate surface area is 158 Å². The normalized spacial score (nSPS) is 19.0. The van der Waals surface area contributed by atoms with E-state index in [2.05, 4.69) is 10.3 Å². The van der Waals surface area contributed by atoms with E-state index in [0.29, 0.717) is 17.7 Å². The molecular weight excluding hydrogens is 346 g/mol. The van der Waals surface area contributed by atoms with Crippen LogP contribution in [0.1, 0.15) is 36.7 Å². The zero-order valence-corrected chi connectivity index (χ0v) is 16.0. The summed E-state index contributed by atoms with van der Waals surface area (Å²) in [7, 11) is 0. The van der Waals surface area contributed by atoms with Crippen LogP contribution < -0.4 is 10.1 Å². The first-order chi connectivity index (χ1) is 12.7. The van der Waals surface area contributed by atoms with Crippen LogP contribution in [0.25, 0.3) is 10.6 Å². The van der Waals surface area contributed by atoms with Crippen molar-refractivity contribution in [3.8, 4) is 16.3 Å². The Kier molecular flexibility index (Phi) is 4.96. The second-order valence-corrected chi connectivity index (χ2v) is 8.07. The first-order valence-electron chi connectivity index (χ1n) is 9.38. The molecule has 0 atom stereocenters. The van der Waals surface area contributed by atoms with Gasteiger partial charge in [0.25, 0.3) is 5.91 Å². The summed E-state index contributed by atoms with van der Waals surface area (Å²) in [6, 6.07) is 7.88. The molecule has 0 bridgehead atoms. The highest BCUT2D eigenvalue weighted by atomic mass is 32.1. The summed E-state index contributed by atoms with van der Waals surface area (Å²) in [5.41, 5.74) is 2.01. The zero-order chi connectivity index (χ0) is 18.0. The molecule has 1 aromatic carbocycles. The van der Waals surface area contributed by atoms with Crippen LogP contribution in [0.2, 0.25) is 0 Å². The number of nitrogens with zero attached hydrogens (tertiary/aromatic N) is 2. The van der Waals surface area contributed by atoms with Crippen molar-refractivity contribution in [2.24, 2.45) is 5.41 Å². The molecule has 2 fully saturated rings. The maximum absolute atomic E-state index is 12.8. The van der Waals surface area contributed by atoms with Gasteiger partial charge in [-0.15, -0.1) is 11.3 Å². The van der Waals surface area contributed by atoms with E-state index < -0.39 is 0 Å². The van der Waals surface area contributed by atoms with Crippen molar-refractivity contribution in [2.75, 3.05) is 32.8 Å². The molecule has 6 heteroatoms. The Morgan fingerprint density at radius 1 is 1.27 bits per heavy atom. The number of nitrogens with one attached hydrogen (secondary N) is 1. The minimum atomic E-state index is 0.0687. The maximum Gasteiger partial charge on any atom is 0.273 e. The number of ether oxygens (including phenoxy) is 1. The summed E-state index contributed by atoms with van der Waals surface area (Å²) in [5.74, 6) is 0.923. The predicted octanol–water partition coefficient (Wildman–Crippen LogP) is 3.42. The SMILES string of the molecule is CCOc1ccc(-c2nc(C(=O)N3CCC4(CCNC4)CC3)cs2)cc1. The van der Waals surface area contributed by atoms with Crippen LogP contribution in [0.15, 0.2) is 29.6 Å². The molecule has 1 amide bonds. The Morgan fingerprint density at radius 3 is 2.69 bits per heavy atom. The lowest BCUT2D eigenvalue weighted by Crippen LogP contribution is -2.44. The molecule has 0 radical (unpaired) electrons. The van der Waals surface area contributed by atoms with E-state index in [1.807, 2.05) is 41.5 Å². The predicted molar refractivity (Wildman–Crippen MR) is 104 cm³/mol. The quantitative estimate of drug-likeness (QED) is 0.895. The molecule has 138 valence electrons. The van der Waals surface area contributed by atoms with Crippen LogP contribution in [0, 0.1) is 5.41 Å². The molecule has 2 aromatic rings. The van der Waals surface area contributed by atoms with Gasteiger partial charge >= 0.3 is 0 Å². The van der Waals surface area contributed by atoms with Gasteiger partial charge in [-0.1, -0.05) is 0 Å². The van der Waals surface area contributed by atoms with Gasteiger partial charge in [0.15, 0.2) is 0 Å². The zero-order valence-electron chi connectivity index (χ0n) is 15.2. The van der Waals surface area contributed by atoms with Gasteiger partial charge in [-0.2, -0.15) is 0 Å². The number of thiazole rings is 1. The fourth-order valence-electron chi connectivity index (χ4n) is 3.93. The second kappa shape index (κ2) is 7.37. The molecule has 1 spiro atoms. The highest BCUT2D eigenvalue weighted by Gasteiger charge is 2.38. The lowest BCUT2D eigenvalue weighted by atomic mass is 9.78. The number of piperidine rings is 1. The second-order valence-electron chi connectivity index (χ2n) is 7.21. The number of hydrogen-bond acceptors (Lipinski definition) is 5. The number of carbonyl (C=O) groups excluding carboxylic acids is 1. The average Bonchev–Trinajstić information content (AvgIpc) is 3.33. The lowest BCUT2D eigenvalue weighted by molar-refractivity contribution is 0.0603. The van der Waals surface area contributed by atoms with Crippen LogP contribution >= 0.6 is 11.3 Å². The van der Waals surface area contributed by atoms with E-state index in [1.165, 1.54) is 17.8 Å². The van der Waals surface area contributed by atoms with E-state index in [9.17, 15) is 4.79 Å². The van der Waals surface area contributed by atoms with Gasteiger partial charge < -0.3 is 15.0 Å². The van der Waals surface area contributed by atoms with Crippen LogP contribution in [0.5, 0.6) is 5.75 Å². The minimum Gasteiger partial charge on any atom is -0.494 e. The first kappa shape index (κ1) is 17.5. The Morgan fingerprint density at radius 2 is 2.04 bits per heavy atom.